The second-order valence-corrected chi connectivity index (χ2v) is 3.34. The van der Waals surface area contributed by atoms with Crippen LogP contribution < -0.4 is 14.7 Å². The Morgan fingerprint density at radius 3 is 3.00 bits per heavy atom. The second-order valence-electron chi connectivity index (χ2n) is 1.13. The third-order valence-corrected chi connectivity index (χ3v) is 2.62. The molecule has 1 aliphatic rings. The molecule has 0 unspecified atom stereocenters. The van der Waals surface area contributed by atoms with Crippen LogP contribution in [0.3, 0.4) is 0 Å². The zero-order valence-electron chi connectivity index (χ0n) is 3.68. The quantitative estimate of drug-likeness (QED) is 0.272. The van der Waals surface area contributed by atoms with Gasteiger partial charge in [-0.1, -0.05) is 0 Å². The first kappa shape index (κ1) is 5.13. The van der Waals surface area contributed by atoms with E-state index in [0.717, 1.165) is 5.70 Å². The summed E-state index contributed by atoms with van der Waals surface area (Å²) in [6, 6.07) is 0. The zero-order valence-corrected chi connectivity index (χ0v) is 6.23. The molecule has 1 heterocycles. The van der Waals surface area contributed by atoms with Crippen LogP contribution in [0.4, 0.5) is 0 Å². The predicted molar refractivity (Wildman–Crippen MR) is 30.4 cm³/mol. The van der Waals surface area contributed by atoms with E-state index in [9.17, 15) is 0 Å². The van der Waals surface area contributed by atoms with Crippen molar-refractivity contribution in [1.29, 1.82) is 0 Å². The number of rotatable bonds is 1. The number of hydrogen-bond acceptors (Lipinski definition) is 3. The van der Waals surface area contributed by atoms with Crippen LogP contribution >= 0.6 is 0 Å². The van der Waals surface area contributed by atoms with Crippen molar-refractivity contribution in [3.8, 4) is 0 Å². The van der Waals surface area contributed by atoms with Crippen molar-refractivity contribution in [3.05, 3.63) is 11.9 Å². The summed E-state index contributed by atoms with van der Waals surface area (Å²) < 4.78 is 5.24. The fraction of sp³-hybridized carbons (Fsp3) is 0. The molecule has 4 N–H and O–H groups in total. The Hall–Kier alpha value is -0.0118. The molecule has 0 saturated carbocycles. The molecule has 4 heteroatoms. The Kier molecular flexibility index (Phi) is 1.71. The minimum atomic E-state index is -0.206. The summed E-state index contributed by atoms with van der Waals surface area (Å²) in [6.07, 6.45) is 1.90. The Bertz CT molecular complexity index is 117. The van der Waals surface area contributed by atoms with Crippen molar-refractivity contribution in [1.82, 2.24) is 8.90 Å². The number of hydrazine groups is 1. The van der Waals surface area contributed by atoms with Gasteiger partial charge in [-0.3, -0.25) is 0 Å². The summed E-state index contributed by atoms with van der Waals surface area (Å²) in [4.78, 5) is 0. The van der Waals surface area contributed by atoms with Crippen LogP contribution in [0, 0.1) is 0 Å². The first-order chi connectivity index (χ1) is 3.43. The zero-order chi connectivity index (χ0) is 5.11. The van der Waals surface area contributed by atoms with E-state index in [1.54, 1.807) is 0 Å². The predicted octanol–water partition coefficient (Wildman–Crippen LogP) is -1.68. The molecule has 0 saturated heterocycles. The van der Waals surface area contributed by atoms with Crippen LogP contribution in [0.15, 0.2) is 11.9 Å². The van der Waals surface area contributed by atoms with Gasteiger partial charge in [0.05, 0.1) is 0 Å². The molecular weight excluding hydrogens is 200 g/mol. The van der Waals surface area contributed by atoms with Crippen molar-refractivity contribution in [2.24, 2.45) is 5.84 Å². The summed E-state index contributed by atoms with van der Waals surface area (Å²) in [5.41, 5.74) is 3.57. The van der Waals surface area contributed by atoms with Gasteiger partial charge in [-0.15, -0.1) is 0 Å². The van der Waals surface area contributed by atoms with E-state index in [2.05, 4.69) is 12.9 Å². The van der Waals surface area contributed by atoms with Crippen molar-refractivity contribution < 1.29 is 0 Å². The van der Waals surface area contributed by atoms with Gasteiger partial charge in [-0.2, -0.15) is 0 Å². The summed E-state index contributed by atoms with van der Waals surface area (Å²) in [7, 11) is 0. The number of nitrogens with two attached hydrogens (primary N) is 1. The molecule has 1 rings (SSSR count). The van der Waals surface area contributed by atoms with Gasteiger partial charge in [-0.25, -0.2) is 0 Å². The third-order valence-electron chi connectivity index (χ3n) is 0.665. The first-order valence-electron chi connectivity index (χ1n) is 1.89. The normalized spacial score (nSPS) is 15.9. The van der Waals surface area contributed by atoms with Gasteiger partial charge in [0.15, 0.2) is 0 Å². The molecule has 0 aliphatic carbocycles. The average Bonchev–Trinajstić information content (AvgIpc) is 2.14. The van der Waals surface area contributed by atoms with Crippen LogP contribution in [0.1, 0.15) is 0 Å². The summed E-state index contributed by atoms with van der Waals surface area (Å²) >= 11 is -0.206. The Balaban J connectivity index is 2.52. The standard InChI is InChI=1S/C3H6N3.Sb/c1-3(2-4)6-5;/h1-2,4,6H,5H2;/q-1;+1. The Morgan fingerprint density at radius 2 is 2.71 bits per heavy atom. The summed E-state index contributed by atoms with van der Waals surface area (Å²) in [5, 5.41) is 0. The Morgan fingerprint density at radius 1 is 1.86 bits per heavy atom. The van der Waals surface area contributed by atoms with Gasteiger partial charge < -0.3 is 0 Å². The Labute approximate surface area is 52.3 Å². The first-order valence-corrected chi connectivity index (χ1v) is 4.64. The molecule has 0 spiro atoms. The topological polar surface area (TPSA) is 50.1 Å². The fourth-order valence-electron chi connectivity index (χ4n) is 0.330. The molecule has 1 aliphatic heterocycles. The van der Waals surface area contributed by atoms with Crippen LogP contribution in [-0.4, -0.2) is 25.4 Å². The van der Waals surface area contributed by atoms with E-state index in [4.69, 9.17) is 5.84 Å². The minimum absolute atomic E-state index is 0.206. The van der Waals surface area contributed by atoms with E-state index < -0.39 is 0 Å². The third kappa shape index (κ3) is 1.18. The molecule has 0 atom stereocenters. The second kappa shape index (κ2) is 2.33. The van der Waals surface area contributed by atoms with Crippen LogP contribution in [0.5, 0.6) is 0 Å². The molecule has 0 fully saturated rings. The molecule has 0 aromatic carbocycles. The van der Waals surface area contributed by atoms with Gasteiger partial charge in [0, 0.05) is 0 Å². The number of allylic oxidation sites excluding steroid dienone is 1. The van der Waals surface area contributed by atoms with Gasteiger partial charge >= 0.3 is 52.0 Å². The van der Waals surface area contributed by atoms with Crippen molar-refractivity contribution in [3.63, 3.8) is 0 Å². The van der Waals surface area contributed by atoms with E-state index in [0.29, 0.717) is 0 Å². The molecule has 7 heavy (non-hydrogen) atoms. The molecule has 3 nitrogen and oxygen atoms in total. The number of nitrogens with one attached hydrogen (secondary N) is 2. The van der Waals surface area contributed by atoms with Gasteiger partial charge in [0.2, 0.25) is 0 Å². The summed E-state index contributed by atoms with van der Waals surface area (Å²) in [5.74, 6) is 5.07. The van der Waals surface area contributed by atoms with E-state index in [-0.39, 0.29) is 21.4 Å². The molecule has 0 aromatic heterocycles. The van der Waals surface area contributed by atoms with Crippen molar-refractivity contribution in [2.45, 2.75) is 0 Å². The van der Waals surface area contributed by atoms with Gasteiger partial charge in [-0.05, 0) is 0 Å². The van der Waals surface area contributed by atoms with Crippen LogP contribution in [0.2, 0.25) is 0 Å². The molecule has 0 aromatic rings. The van der Waals surface area contributed by atoms with Crippen molar-refractivity contribution in [2.75, 3.05) is 0 Å². The molecular formula is C3H6N3Sb. The molecule has 0 bridgehead atoms. The monoisotopic (exact) mass is 205 g/mol. The molecule has 0 amide bonds. The maximum absolute atomic E-state index is 5.07. The van der Waals surface area contributed by atoms with Crippen LogP contribution in [-0.2, 0) is 0 Å². The SMILES string of the molecule is NNC1=C[NH][Sb]=[CH]1. The maximum atomic E-state index is 5.07. The fourth-order valence-corrected chi connectivity index (χ4v) is 1.97. The summed E-state index contributed by atoms with van der Waals surface area (Å²) in [6.45, 7) is 0. The molecule has 38 valence electrons. The van der Waals surface area contributed by atoms with E-state index in [1.807, 2.05) is 6.20 Å². The van der Waals surface area contributed by atoms with Crippen LogP contribution in [0.25, 0.3) is 0 Å². The van der Waals surface area contributed by atoms with Gasteiger partial charge in [0.1, 0.15) is 0 Å². The average molecular weight is 206 g/mol. The van der Waals surface area contributed by atoms with E-state index >= 15 is 0 Å². The van der Waals surface area contributed by atoms with Crippen molar-refractivity contribution >= 4 is 25.4 Å². The van der Waals surface area contributed by atoms with E-state index in [1.165, 1.54) is 0 Å². The van der Waals surface area contributed by atoms with Gasteiger partial charge in [0.25, 0.3) is 0 Å². The number of hydrogen-bond donors (Lipinski definition) is 3. The molecule has 0 radical (unpaired) electrons.